The van der Waals surface area contributed by atoms with Gasteiger partial charge in [0.05, 0.1) is 0 Å². The Kier molecular flexibility index (Phi) is 4.94. The van der Waals surface area contributed by atoms with Crippen LogP contribution in [-0.2, 0) is 0 Å². The summed E-state index contributed by atoms with van der Waals surface area (Å²) in [7, 11) is 0. The topological polar surface area (TPSA) is 15.3 Å². The Balaban J connectivity index is 1.98. The second-order valence-electron chi connectivity index (χ2n) is 7.41. The van der Waals surface area contributed by atoms with Crippen LogP contribution >= 0.6 is 0 Å². The largest absolute Gasteiger partial charge is 0.311 e. The van der Waals surface area contributed by atoms with E-state index >= 15 is 0 Å². The zero-order valence-corrected chi connectivity index (χ0v) is 13.7. The van der Waals surface area contributed by atoms with Crippen LogP contribution < -0.4 is 5.32 Å². The third-order valence-corrected chi connectivity index (χ3v) is 6.00. The van der Waals surface area contributed by atoms with Crippen LogP contribution in [0.3, 0.4) is 0 Å². The third kappa shape index (κ3) is 3.33. The Morgan fingerprint density at radius 2 is 1.89 bits per heavy atom. The standard InChI is InChI=1S/C17H34N2/c1-6-14(5)16-11-19(15(7-2)10-18-16)12-17(8-9-17)13(3)4/h13-16,18H,6-12H2,1-5H3. The second-order valence-corrected chi connectivity index (χ2v) is 7.41. The molecule has 2 heteroatoms. The molecular formula is C17H34N2. The highest BCUT2D eigenvalue weighted by molar-refractivity contribution is 5.00. The normalized spacial score (nSPS) is 32.5. The number of nitrogens with zero attached hydrogens (tertiary/aromatic N) is 1. The molecule has 1 saturated carbocycles. The average Bonchev–Trinajstić information content (AvgIpc) is 3.18. The molecular weight excluding hydrogens is 232 g/mol. The SMILES string of the molecule is CCC(C)C1CN(CC2(C(C)C)CC2)C(CC)CN1. The zero-order chi connectivity index (χ0) is 14.0. The van der Waals surface area contributed by atoms with Gasteiger partial charge in [0.15, 0.2) is 0 Å². The van der Waals surface area contributed by atoms with Gasteiger partial charge in [-0.2, -0.15) is 0 Å². The van der Waals surface area contributed by atoms with Crippen molar-refractivity contribution in [3.8, 4) is 0 Å². The second kappa shape index (κ2) is 6.13. The molecule has 1 aliphatic heterocycles. The van der Waals surface area contributed by atoms with Crippen molar-refractivity contribution in [2.45, 2.75) is 72.4 Å². The lowest BCUT2D eigenvalue weighted by molar-refractivity contribution is 0.0736. The van der Waals surface area contributed by atoms with Gasteiger partial charge in [0, 0.05) is 31.7 Å². The summed E-state index contributed by atoms with van der Waals surface area (Å²) >= 11 is 0. The van der Waals surface area contributed by atoms with Gasteiger partial charge in [0.2, 0.25) is 0 Å². The molecule has 1 heterocycles. The molecule has 0 spiro atoms. The van der Waals surface area contributed by atoms with E-state index in [1.807, 2.05) is 0 Å². The quantitative estimate of drug-likeness (QED) is 0.791. The van der Waals surface area contributed by atoms with E-state index in [2.05, 4.69) is 44.8 Å². The number of nitrogens with one attached hydrogen (secondary N) is 1. The minimum atomic E-state index is 0.658. The summed E-state index contributed by atoms with van der Waals surface area (Å²) in [6.07, 6.45) is 5.49. The highest BCUT2D eigenvalue weighted by Gasteiger charge is 2.47. The smallest absolute Gasteiger partial charge is 0.0221 e. The Bertz CT molecular complexity index is 283. The van der Waals surface area contributed by atoms with Crippen molar-refractivity contribution in [3.05, 3.63) is 0 Å². The highest BCUT2D eigenvalue weighted by Crippen LogP contribution is 2.52. The third-order valence-electron chi connectivity index (χ3n) is 6.00. The van der Waals surface area contributed by atoms with Gasteiger partial charge in [0.1, 0.15) is 0 Å². The van der Waals surface area contributed by atoms with E-state index < -0.39 is 0 Å². The molecule has 3 atom stereocenters. The predicted octanol–water partition coefficient (Wildman–Crippen LogP) is 3.52. The molecule has 2 fully saturated rings. The lowest BCUT2D eigenvalue weighted by atomic mass is 9.89. The van der Waals surface area contributed by atoms with E-state index in [0.717, 1.165) is 17.9 Å². The summed E-state index contributed by atoms with van der Waals surface area (Å²) in [6, 6.07) is 1.47. The molecule has 2 nitrogen and oxygen atoms in total. The molecule has 1 N–H and O–H groups in total. The Morgan fingerprint density at radius 3 is 2.37 bits per heavy atom. The van der Waals surface area contributed by atoms with E-state index in [0.29, 0.717) is 11.5 Å². The van der Waals surface area contributed by atoms with Gasteiger partial charge < -0.3 is 5.32 Å². The lowest BCUT2D eigenvalue weighted by Crippen LogP contribution is -2.59. The lowest BCUT2D eigenvalue weighted by Gasteiger charge is -2.44. The van der Waals surface area contributed by atoms with Crippen molar-refractivity contribution in [1.29, 1.82) is 0 Å². The maximum absolute atomic E-state index is 3.79. The van der Waals surface area contributed by atoms with E-state index in [9.17, 15) is 0 Å². The Morgan fingerprint density at radius 1 is 1.21 bits per heavy atom. The number of hydrogen-bond acceptors (Lipinski definition) is 2. The maximum Gasteiger partial charge on any atom is 0.0221 e. The minimum absolute atomic E-state index is 0.658. The van der Waals surface area contributed by atoms with Gasteiger partial charge in [-0.3, -0.25) is 4.90 Å². The number of piperazine rings is 1. The fourth-order valence-corrected chi connectivity index (χ4v) is 3.63. The van der Waals surface area contributed by atoms with Crippen LogP contribution in [0.15, 0.2) is 0 Å². The van der Waals surface area contributed by atoms with Crippen LogP contribution in [0.1, 0.15) is 60.3 Å². The number of rotatable bonds is 6. The molecule has 112 valence electrons. The molecule has 0 aromatic rings. The van der Waals surface area contributed by atoms with Crippen LogP contribution in [0.5, 0.6) is 0 Å². The molecule has 19 heavy (non-hydrogen) atoms. The van der Waals surface area contributed by atoms with Crippen molar-refractivity contribution in [2.24, 2.45) is 17.3 Å². The van der Waals surface area contributed by atoms with E-state index in [-0.39, 0.29) is 0 Å². The monoisotopic (exact) mass is 266 g/mol. The number of hydrogen-bond donors (Lipinski definition) is 1. The molecule has 0 bridgehead atoms. The fourth-order valence-electron chi connectivity index (χ4n) is 3.63. The van der Waals surface area contributed by atoms with Gasteiger partial charge in [-0.25, -0.2) is 0 Å². The van der Waals surface area contributed by atoms with Crippen LogP contribution in [0.2, 0.25) is 0 Å². The molecule has 2 rings (SSSR count). The molecule has 0 aromatic heterocycles. The van der Waals surface area contributed by atoms with Gasteiger partial charge in [-0.1, -0.05) is 41.0 Å². The van der Waals surface area contributed by atoms with Crippen LogP contribution in [0, 0.1) is 17.3 Å². The van der Waals surface area contributed by atoms with Gasteiger partial charge in [-0.15, -0.1) is 0 Å². The summed E-state index contributed by atoms with van der Waals surface area (Å²) in [5.41, 5.74) is 0.658. The fraction of sp³-hybridized carbons (Fsp3) is 1.00. The first-order valence-electron chi connectivity index (χ1n) is 8.49. The van der Waals surface area contributed by atoms with Gasteiger partial charge >= 0.3 is 0 Å². The van der Waals surface area contributed by atoms with Crippen molar-refractivity contribution >= 4 is 0 Å². The summed E-state index contributed by atoms with van der Waals surface area (Å²) in [5, 5.41) is 3.79. The summed E-state index contributed by atoms with van der Waals surface area (Å²) < 4.78 is 0. The molecule has 0 aromatic carbocycles. The Labute approximate surface area is 120 Å². The van der Waals surface area contributed by atoms with Gasteiger partial charge in [-0.05, 0) is 36.5 Å². The molecule has 2 aliphatic rings. The first-order chi connectivity index (χ1) is 9.02. The molecule has 0 radical (unpaired) electrons. The van der Waals surface area contributed by atoms with E-state index in [4.69, 9.17) is 0 Å². The summed E-state index contributed by atoms with van der Waals surface area (Å²) in [4.78, 5) is 2.82. The van der Waals surface area contributed by atoms with Crippen LogP contribution in [0.25, 0.3) is 0 Å². The highest BCUT2D eigenvalue weighted by atomic mass is 15.2. The molecule has 1 aliphatic carbocycles. The minimum Gasteiger partial charge on any atom is -0.311 e. The molecule has 0 amide bonds. The Hall–Kier alpha value is -0.0800. The van der Waals surface area contributed by atoms with Gasteiger partial charge in [0.25, 0.3) is 0 Å². The first kappa shape index (κ1) is 15.3. The van der Waals surface area contributed by atoms with Crippen molar-refractivity contribution < 1.29 is 0 Å². The van der Waals surface area contributed by atoms with Crippen LogP contribution in [-0.4, -0.2) is 36.6 Å². The maximum atomic E-state index is 3.79. The van der Waals surface area contributed by atoms with Crippen LogP contribution in [0.4, 0.5) is 0 Å². The summed E-state index contributed by atoms with van der Waals surface area (Å²) in [5.74, 6) is 1.65. The van der Waals surface area contributed by atoms with Crippen molar-refractivity contribution in [2.75, 3.05) is 19.6 Å². The first-order valence-corrected chi connectivity index (χ1v) is 8.49. The van der Waals surface area contributed by atoms with Crippen molar-refractivity contribution in [1.82, 2.24) is 10.2 Å². The molecule has 1 saturated heterocycles. The van der Waals surface area contributed by atoms with Crippen molar-refractivity contribution in [3.63, 3.8) is 0 Å². The van der Waals surface area contributed by atoms with E-state index in [1.54, 1.807) is 0 Å². The average molecular weight is 266 g/mol. The summed E-state index contributed by atoms with van der Waals surface area (Å²) in [6.45, 7) is 15.7. The molecule has 3 unspecified atom stereocenters. The van der Waals surface area contributed by atoms with E-state index in [1.165, 1.54) is 45.3 Å². The predicted molar refractivity (Wildman–Crippen MR) is 83.4 cm³/mol. The zero-order valence-electron chi connectivity index (χ0n) is 13.7.